The Kier molecular flexibility index (Phi) is 12.1. The summed E-state index contributed by atoms with van der Waals surface area (Å²) >= 11 is 7.36. The van der Waals surface area contributed by atoms with Crippen molar-refractivity contribution in [1.82, 2.24) is 0 Å². The molecule has 0 aliphatic carbocycles. The van der Waals surface area contributed by atoms with Crippen molar-refractivity contribution < 1.29 is 48.2 Å². The fraction of sp³-hybridized carbons (Fsp3) is 0.143. The maximum absolute atomic E-state index is 9.67. The highest BCUT2D eigenvalue weighted by atomic mass is 35.7. The molecule has 0 aromatic heterocycles. The van der Waals surface area contributed by atoms with Gasteiger partial charge in [-0.3, -0.25) is 0 Å². The van der Waals surface area contributed by atoms with E-state index in [1.54, 1.807) is 121 Å². The second kappa shape index (κ2) is 16.7. The van der Waals surface area contributed by atoms with Gasteiger partial charge in [-0.05, 0) is 99.7 Å². The van der Waals surface area contributed by atoms with Gasteiger partial charge in [0.1, 0.15) is 28.7 Å². The molecule has 0 saturated carbocycles. The molecule has 0 bridgehead atoms. The molecule has 1 heterocycles. The topological polar surface area (TPSA) is 184 Å². The van der Waals surface area contributed by atoms with Gasteiger partial charge in [-0.2, -0.15) is 0 Å². The second-order valence-corrected chi connectivity index (χ2v) is 18.5. The minimum Gasteiger partial charge on any atom is -0.431 e. The second-order valence-electron chi connectivity index (χ2n) is 11.2. The van der Waals surface area contributed by atoms with Crippen molar-refractivity contribution in [3.05, 3.63) is 149 Å². The Bertz CT molecular complexity index is 1930. The van der Waals surface area contributed by atoms with Gasteiger partial charge in [-0.1, -0.05) is 65.2 Å². The van der Waals surface area contributed by atoms with Crippen LogP contribution in [0.15, 0.2) is 135 Å². The van der Waals surface area contributed by atoms with Crippen molar-refractivity contribution >= 4 is 33.3 Å². The van der Waals surface area contributed by atoms with Crippen LogP contribution < -0.4 is 22.6 Å². The first-order valence-electron chi connectivity index (χ1n) is 15.8. The summed E-state index contributed by atoms with van der Waals surface area (Å²) in [5, 5.41) is 48.3. The Morgan fingerprint density at radius 3 is 0.827 bits per heavy atom. The molecule has 52 heavy (non-hydrogen) atoms. The third-order valence-electron chi connectivity index (χ3n) is 7.32. The molecule has 13 nitrogen and oxygen atoms in total. The van der Waals surface area contributed by atoms with Crippen molar-refractivity contribution in [2.75, 3.05) is 0 Å². The number of rotatable bonds is 15. The molecule has 0 amide bonds. The summed E-state index contributed by atoms with van der Waals surface area (Å²) in [7, 11) is -8.16. The minimum absolute atomic E-state index is 0.185. The molecule has 0 spiro atoms. The lowest BCUT2D eigenvalue weighted by Crippen LogP contribution is -2.08. The largest absolute Gasteiger partial charge is 0.459 e. The van der Waals surface area contributed by atoms with Gasteiger partial charge in [-0.15, -0.1) is 9.03 Å². The van der Waals surface area contributed by atoms with Gasteiger partial charge >= 0.3 is 22.1 Å². The average Bonchev–Trinajstić information content (AvgIpc) is 3.16. The maximum atomic E-state index is 9.67. The number of hydrogen-bond donors (Lipinski definition) is 5. The summed E-state index contributed by atoms with van der Waals surface area (Å²) in [4.78, 5) is 0. The number of hydrogen-bond acceptors (Lipinski definition) is 13. The van der Waals surface area contributed by atoms with Gasteiger partial charge in [0.25, 0.3) is 0 Å². The van der Waals surface area contributed by atoms with Crippen molar-refractivity contribution in [2.45, 2.75) is 33.0 Å². The smallest absolute Gasteiger partial charge is 0.431 e. The molecule has 5 aromatic rings. The highest BCUT2D eigenvalue weighted by Gasteiger charge is 2.46. The van der Waals surface area contributed by atoms with Crippen LogP contribution in [0, 0.1) is 0 Å². The van der Waals surface area contributed by atoms with Gasteiger partial charge in [0.2, 0.25) is 0 Å². The first-order chi connectivity index (χ1) is 25.2. The van der Waals surface area contributed by atoms with E-state index in [1.165, 1.54) is 0 Å². The Balaban J connectivity index is 1.60. The van der Waals surface area contributed by atoms with E-state index >= 15 is 0 Å². The van der Waals surface area contributed by atoms with E-state index in [0.29, 0.717) is 27.8 Å². The molecular formula is C35H35ClN3O10P3. The van der Waals surface area contributed by atoms with E-state index in [2.05, 4.69) is 0 Å². The minimum atomic E-state index is -4.08. The van der Waals surface area contributed by atoms with E-state index in [0.717, 1.165) is 0 Å². The molecule has 0 fully saturated rings. The first kappa shape index (κ1) is 37.6. The zero-order valence-corrected chi connectivity index (χ0v) is 30.9. The zero-order chi connectivity index (χ0) is 36.6. The van der Waals surface area contributed by atoms with Crippen LogP contribution in [0.2, 0.25) is 0 Å². The van der Waals surface area contributed by atoms with Gasteiger partial charge in [-0.25, -0.2) is 0 Å². The molecule has 5 aromatic carbocycles. The third-order valence-corrected chi connectivity index (χ3v) is 16.4. The average molecular weight is 786 g/mol. The van der Waals surface area contributed by atoms with E-state index in [-0.39, 0.29) is 61.8 Å². The fourth-order valence-corrected chi connectivity index (χ4v) is 14.7. The van der Waals surface area contributed by atoms with Crippen LogP contribution in [-0.4, -0.2) is 25.5 Å². The van der Waals surface area contributed by atoms with Crippen molar-refractivity contribution in [2.24, 2.45) is 13.5 Å². The molecule has 1 unspecified atom stereocenters. The van der Waals surface area contributed by atoms with Crippen LogP contribution in [0.4, 0.5) is 0 Å². The van der Waals surface area contributed by atoms with Crippen LogP contribution in [0.1, 0.15) is 27.8 Å². The highest BCUT2D eigenvalue weighted by molar-refractivity contribution is 7.94. The molecular weight excluding hydrogens is 751 g/mol. The molecule has 0 radical (unpaired) electrons. The summed E-state index contributed by atoms with van der Waals surface area (Å²) in [5.74, 6) is 1.32. The van der Waals surface area contributed by atoms with Crippen molar-refractivity contribution in [1.29, 1.82) is 0 Å². The predicted molar refractivity (Wildman–Crippen MR) is 199 cm³/mol. The van der Waals surface area contributed by atoms with Gasteiger partial charge in [0, 0.05) is 0 Å². The number of aliphatic hydroxyl groups is 5. The summed E-state index contributed by atoms with van der Waals surface area (Å²) in [6, 6.07) is 32.8. The van der Waals surface area contributed by atoms with E-state index in [9.17, 15) is 25.5 Å². The molecule has 1 aliphatic rings. The summed E-state index contributed by atoms with van der Waals surface area (Å²) < 4.78 is 47.3. The normalized spacial score (nSPS) is 17.1. The number of nitrogens with zero attached hydrogens (tertiary/aromatic N) is 3. The van der Waals surface area contributed by atoms with Crippen molar-refractivity contribution in [3.8, 4) is 28.7 Å². The van der Waals surface area contributed by atoms with Crippen molar-refractivity contribution in [3.63, 3.8) is 0 Å². The molecule has 272 valence electrons. The van der Waals surface area contributed by atoms with Gasteiger partial charge in [0.05, 0.1) is 33.0 Å². The Morgan fingerprint density at radius 2 is 0.577 bits per heavy atom. The molecule has 1 aliphatic heterocycles. The summed E-state index contributed by atoms with van der Waals surface area (Å²) in [5.41, 5.74) is 3.17. The quantitative estimate of drug-likeness (QED) is 0.0642. The van der Waals surface area contributed by atoms with Crippen LogP contribution in [0.5, 0.6) is 28.7 Å². The fourth-order valence-electron chi connectivity index (χ4n) is 4.66. The standard InChI is InChI=1S/C35H35ClN3O10P3/c36-50(45-31-11-1-26(21-40)2-12-31)37-51(46-32-13-3-27(22-41)4-14-32,47-33-15-5-28(23-42)6-16-33)39-52(38-50,48-34-17-7-29(24-43)8-18-34)49-35-19-9-30(25-44)10-20-35/h1-20,40-44H,21-25H2. The van der Waals surface area contributed by atoms with E-state index < -0.39 is 22.1 Å². The molecule has 1 atom stereocenters. The molecule has 17 heteroatoms. The molecule has 6 rings (SSSR count). The van der Waals surface area contributed by atoms with Gasteiger partial charge < -0.3 is 48.2 Å². The monoisotopic (exact) mass is 785 g/mol. The number of aliphatic hydroxyl groups excluding tert-OH is 5. The summed E-state index contributed by atoms with van der Waals surface area (Å²) in [6.45, 7) is -4.91. The lowest BCUT2D eigenvalue weighted by Gasteiger charge is -2.31. The summed E-state index contributed by atoms with van der Waals surface area (Å²) in [6.07, 6.45) is 0. The predicted octanol–water partition coefficient (Wildman–Crippen LogP) is 8.93. The van der Waals surface area contributed by atoms with Crippen LogP contribution in [0.25, 0.3) is 0 Å². The number of benzene rings is 5. The van der Waals surface area contributed by atoms with Crippen LogP contribution >= 0.6 is 33.3 Å². The maximum Gasteiger partial charge on any atom is 0.459 e. The Labute approximate surface area is 305 Å². The van der Waals surface area contributed by atoms with Crippen LogP contribution in [-0.2, 0) is 33.0 Å². The Morgan fingerprint density at radius 1 is 0.346 bits per heavy atom. The lowest BCUT2D eigenvalue weighted by atomic mass is 10.2. The highest BCUT2D eigenvalue weighted by Crippen LogP contribution is 2.80. The Hall–Kier alpha value is -4.12. The van der Waals surface area contributed by atoms with E-state index in [1.807, 2.05) is 0 Å². The SMILES string of the molecule is OCc1ccc(OP2(Cl)=NP(Oc3ccc(CO)cc3)(Oc3ccc(CO)cc3)=NP(Oc3ccc(CO)cc3)(Oc3ccc(CO)cc3)=N2)cc1. The third kappa shape index (κ3) is 9.45. The van der Waals surface area contributed by atoms with Gasteiger partial charge in [0.15, 0.2) is 0 Å². The lowest BCUT2D eigenvalue weighted by molar-refractivity contribution is 0.281. The molecule has 0 saturated heterocycles. The first-order valence-corrected chi connectivity index (χ1v) is 21.3. The zero-order valence-electron chi connectivity index (χ0n) is 27.4. The van der Waals surface area contributed by atoms with Crippen LogP contribution in [0.3, 0.4) is 0 Å². The number of halogens is 1. The molecule has 5 N–H and O–H groups in total. The van der Waals surface area contributed by atoms with E-state index in [4.69, 9.17) is 47.4 Å².